The number of ether oxygens (including phenoxy) is 1. The number of hydrogen-bond acceptors (Lipinski definition) is 4. The molecule has 2 saturated heterocycles. The van der Waals surface area contributed by atoms with Crippen LogP contribution in [-0.4, -0.2) is 73.6 Å². The number of morpholine rings is 1. The molecule has 6 heteroatoms. The van der Waals surface area contributed by atoms with Crippen LogP contribution in [0.5, 0.6) is 0 Å². The molecular formula is C20H35N3O3. The van der Waals surface area contributed by atoms with Gasteiger partial charge in [-0.25, -0.2) is 0 Å². The van der Waals surface area contributed by atoms with Gasteiger partial charge in [-0.1, -0.05) is 12.8 Å². The second-order valence-electron chi connectivity index (χ2n) is 8.36. The standard InChI is InChI=1S/C20H35N3O3/c1-16(21-20(25)18-6-2-3-7-18)13-19(24)23-8-4-5-17(15-23)14-22-9-11-26-12-10-22/h16-18H,2-15H2,1H3,(H,21,25). The maximum Gasteiger partial charge on any atom is 0.224 e. The monoisotopic (exact) mass is 365 g/mol. The molecule has 3 fully saturated rings. The summed E-state index contributed by atoms with van der Waals surface area (Å²) in [6.45, 7) is 8.42. The summed E-state index contributed by atoms with van der Waals surface area (Å²) < 4.78 is 5.42. The van der Waals surface area contributed by atoms with E-state index in [4.69, 9.17) is 4.74 Å². The van der Waals surface area contributed by atoms with Crippen molar-refractivity contribution in [2.45, 2.75) is 57.9 Å². The zero-order valence-corrected chi connectivity index (χ0v) is 16.3. The van der Waals surface area contributed by atoms with Crippen molar-refractivity contribution < 1.29 is 14.3 Å². The van der Waals surface area contributed by atoms with Gasteiger partial charge in [0, 0.05) is 51.1 Å². The van der Waals surface area contributed by atoms with Crippen LogP contribution in [0.25, 0.3) is 0 Å². The van der Waals surface area contributed by atoms with E-state index in [1.807, 2.05) is 11.8 Å². The summed E-state index contributed by atoms with van der Waals surface area (Å²) >= 11 is 0. The fraction of sp³-hybridized carbons (Fsp3) is 0.900. The minimum atomic E-state index is -0.0739. The molecule has 0 spiro atoms. The molecule has 0 aromatic heterocycles. The minimum absolute atomic E-state index is 0.0739. The van der Waals surface area contributed by atoms with Gasteiger partial charge in [0.15, 0.2) is 0 Å². The summed E-state index contributed by atoms with van der Waals surface area (Å²) in [4.78, 5) is 29.4. The number of nitrogens with one attached hydrogen (secondary N) is 1. The van der Waals surface area contributed by atoms with Gasteiger partial charge in [-0.3, -0.25) is 14.5 Å². The van der Waals surface area contributed by atoms with Crippen LogP contribution in [0.2, 0.25) is 0 Å². The largest absolute Gasteiger partial charge is 0.379 e. The minimum Gasteiger partial charge on any atom is -0.379 e. The molecular weight excluding hydrogens is 330 g/mol. The first-order chi connectivity index (χ1) is 12.6. The Bertz CT molecular complexity index is 473. The van der Waals surface area contributed by atoms with Crippen LogP contribution in [0.15, 0.2) is 0 Å². The van der Waals surface area contributed by atoms with Gasteiger partial charge in [0.2, 0.25) is 11.8 Å². The fourth-order valence-corrected chi connectivity index (χ4v) is 4.58. The number of amides is 2. The maximum atomic E-state index is 12.7. The summed E-state index contributed by atoms with van der Waals surface area (Å²) in [6, 6.07) is -0.0739. The molecule has 2 unspecified atom stereocenters. The van der Waals surface area contributed by atoms with E-state index >= 15 is 0 Å². The summed E-state index contributed by atoms with van der Waals surface area (Å²) in [5.74, 6) is 1.07. The topological polar surface area (TPSA) is 61.9 Å². The van der Waals surface area contributed by atoms with E-state index < -0.39 is 0 Å². The molecule has 2 amide bonds. The molecule has 3 aliphatic rings. The Kier molecular flexibility index (Phi) is 7.32. The van der Waals surface area contributed by atoms with Crippen LogP contribution in [0.3, 0.4) is 0 Å². The highest BCUT2D eigenvalue weighted by molar-refractivity contribution is 5.81. The van der Waals surface area contributed by atoms with Crippen molar-refractivity contribution in [3.63, 3.8) is 0 Å². The van der Waals surface area contributed by atoms with Crippen LogP contribution < -0.4 is 5.32 Å². The van der Waals surface area contributed by atoms with Gasteiger partial charge >= 0.3 is 0 Å². The van der Waals surface area contributed by atoms with Crippen molar-refractivity contribution >= 4 is 11.8 Å². The Morgan fingerprint density at radius 1 is 1.08 bits per heavy atom. The van der Waals surface area contributed by atoms with Gasteiger partial charge in [-0.15, -0.1) is 0 Å². The predicted molar refractivity (Wildman–Crippen MR) is 101 cm³/mol. The summed E-state index contributed by atoms with van der Waals surface area (Å²) in [6.07, 6.45) is 7.03. The molecule has 1 aliphatic carbocycles. The van der Waals surface area contributed by atoms with Crippen LogP contribution in [0.1, 0.15) is 51.9 Å². The zero-order valence-electron chi connectivity index (χ0n) is 16.3. The molecule has 2 atom stereocenters. The fourth-order valence-electron chi connectivity index (χ4n) is 4.58. The Morgan fingerprint density at radius 3 is 2.54 bits per heavy atom. The number of rotatable bonds is 6. The van der Waals surface area contributed by atoms with E-state index in [0.29, 0.717) is 12.3 Å². The Balaban J connectivity index is 1.40. The third-order valence-electron chi connectivity index (χ3n) is 6.09. The lowest BCUT2D eigenvalue weighted by atomic mass is 9.96. The van der Waals surface area contributed by atoms with Gasteiger partial charge < -0.3 is 15.0 Å². The molecule has 0 aromatic rings. The van der Waals surface area contributed by atoms with E-state index in [1.54, 1.807) is 0 Å². The highest BCUT2D eigenvalue weighted by Crippen LogP contribution is 2.25. The Morgan fingerprint density at radius 2 is 1.81 bits per heavy atom. The number of carbonyl (C=O) groups is 2. The lowest BCUT2D eigenvalue weighted by Gasteiger charge is -2.37. The van der Waals surface area contributed by atoms with E-state index in [2.05, 4.69) is 10.2 Å². The molecule has 2 heterocycles. The molecule has 2 aliphatic heterocycles. The summed E-state index contributed by atoms with van der Waals surface area (Å²) in [7, 11) is 0. The molecule has 0 bridgehead atoms. The number of hydrogen-bond donors (Lipinski definition) is 1. The third-order valence-corrected chi connectivity index (χ3v) is 6.09. The number of piperidine rings is 1. The molecule has 1 saturated carbocycles. The van der Waals surface area contributed by atoms with Gasteiger partial charge in [-0.05, 0) is 38.5 Å². The second kappa shape index (κ2) is 9.70. The van der Waals surface area contributed by atoms with Crippen molar-refractivity contribution in [1.82, 2.24) is 15.1 Å². The molecule has 26 heavy (non-hydrogen) atoms. The maximum absolute atomic E-state index is 12.7. The van der Waals surface area contributed by atoms with Gasteiger partial charge in [0.1, 0.15) is 0 Å². The van der Waals surface area contributed by atoms with Gasteiger partial charge in [0.25, 0.3) is 0 Å². The molecule has 6 nitrogen and oxygen atoms in total. The Labute approximate surface area is 157 Å². The predicted octanol–water partition coefficient (Wildman–Crippen LogP) is 1.64. The van der Waals surface area contributed by atoms with E-state index in [0.717, 1.165) is 78.0 Å². The summed E-state index contributed by atoms with van der Waals surface area (Å²) in [5.41, 5.74) is 0. The smallest absolute Gasteiger partial charge is 0.224 e. The average Bonchev–Trinajstić information content (AvgIpc) is 3.17. The Hall–Kier alpha value is -1.14. The zero-order chi connectivity index (χ0) is 18.4. The average molecular weight is 366 g/mol. The summed E-state index contributed by atoms with van der Waals surface area (Å²) in [5, 5.41) is 3.06. The first kappa shape index (κ1) is 19.6. The lowest BCUT2D eigenvalue weighted by molar-refractivity contribution is -0.134. The molecule has 3 rings (SSSR count). The normalized spacial score (nSPS) is 26.7. The van der Waals surface area contributed by atoms with Crippen molar-refractivity contribution in [2.75, 3.05) is 45.9 Å². The van der Waals surface area contributed by atoms with Crippen molar-refractivity contribution in [3.05, 3.63) is 0 Å². The molecule has 148 valence electrons. The van der Waals surface area contributed by atoms with Crippen LogP contribution in [0.4, 0.5) is 0 Å². The highest BCUT2D eigenvalue weighted by Gasteiger charge is 2.28. The SMILES string of the molecule is CC(CC(=O)N1CCCC(CN2CCOCC2)C1)NC(=O)C1CCCC1. The molecule has 0 radical (unpaired) electrons. The van der Waals surface area contributed by atoms with E-state index in [1.165, 1.54) is 6.42 Å². The number of likely N-dealkylation sites (tertiary alicyclic amines) is 1. The van der Waals surface area contributed by atoms with Crippen molar-refractivity contribution in [3.8, 4) is 0 Å². The lowest BCUT2D eigenvalue weighted by Crippen LogP contribution is -2.47. The highest BCUT2D eigenvalue weighted by atomic mass is 16.5. The number of nitrogens with zero attached hydrogens (tertiary/aromatic N) is 2. The van der Waals surface area contributed by atoms with Crippen LogP contribution >= 0.6 is 0 Å². The van der Waals surface area contributed by atoms with E-state index in [9.17, 15) is 9.59 Å². The third kappa shape index (κ3) is 5.68. The first-order valence-corrected chi connectivity index (χ1v) is 10.5. The second-order valence-corrected chi connectivity index (χ2v) is 8.36. The first-order valence-electron chi connectivity index (χ1n) is 10.5. The van der Waals surface area contributed by atoms with Crippen molar-refractivity contribution in [2.24, 2.45) is 11.8 Å². The van der Waals surface area contributed by atoms with Gasteiger partial charge in [0.05, 0.1) is 13.2 Å². The molecule has 0 aromatic carbocycles. The van der Waals surface area contributed by atoms with Crippen LogP contribution in [0, 0.1) is 11.8 Å². The number of carbonyl (C=O) groups excluding carboxylic acids is 2. The van der Waals surface area contributed by atoms with Crippen molar-refractivity contribution in [1.29, 1.82) is 0 Å². The quantitative estimate of drug-likeness (QED) is 0.777. The van der Waals surface area contributed by atoms with Gasteiger partial charge in [-0.2, -0.15) is 0 Å². The van der Waals surface area contributed by atoms with E-state index in [-0.39, 0.29) is 23.8 Å². The van der Waals surface area contributed by atoms with Crippen LogP contribution in [-0.2, 0) is 14.3 Å². The molecule has 1 N–H and O–H groups in total.